The van der Waals surface area contributed by atoms with Crippen LogP contribution in [0.5, 0.6) is 0 Å². The van der Waals surface area contributed by atoms with Gasteiger partial charge in [-0.05, 0) is 17.5 Å². The predicted molar refractivity (Wildman–Crippen MR) is 67.3 cm³/mol. The van der Waals surface area contributed by atoms with E-state index in [0.717, 1.165) is 15.2 Å². The molecule has 1 N–H and O–H groups in total. The zero-order valence-corrected chi connectivity index (χ0v) is 10.5. The number of benzene rings is 1. The maximum Gasteiger partial charge on any atom is 0.307 e. The lowest BCUT2D eigenvalue weighted by Crippen LogP contribution is -2.03. The molecule has 1 aliphatic rings. The predicted octanol–water partition coefficient (Wildman–Crippen LogP) is 3.12. The number of rotatable bonds is 2. The molecule has 1 saturated carbocycles. The summed E-state index contributed by atoms with van der Waals surface area (Å²) in [6.45, 7) is 4.00. The molecule has 3 rings (SSSR count). The smallest absolute Gasteiger partial charge is 0.307 e. The van der Waals surface area contributed by atoms with Crippen LogP contribution in [0, 0.1) is 11.3 Å². The Kier molecular flexibility index (Phi) is 2.08. The average Bonchev–Trinajstić information content (AvgIpc) is 2.68. The third-order valence-electron chi connectivity index (χ3n) is 3.67. The second-order valence-electron chi connectivity index (χ2n) is 5.13. The molecule has 2 aromatic rings. The summed E-state index contributed by atoms with van der Waals surface area (Å²) in [5.41, 5.74) is 0.805. The lowest BCUT2D eigenvalue weighted by Gasteiger charge is -1.97. The van der Waals surface area contributed by atoms with Crippen molar-refractivity contribution >= 4 is 27.5 Å². The van der Waals surface area contributed by atoms with Crippen LogP contribution in [-0.4, -0.2) is 16.1 Å². The number of nitrogens with zero attached hydrogens (tertiary/aromatic N) is 1. The Labute approximate surface area is 103 Å². The minimum absolute atomic E-state index is 0.0670. The summed E-state index contributed by atoms with van der Waals surface area (Å²) >= 11 is 1.62. The molecule has 1 aliphatic carbocycles. The van der Waals surface area contributed by atoms with Crippen LogP contribution in [0.25, 0.3) is 10.2 Å². The van der Waals surface area contributed by atoms with E-state index in [0.29, 0.717) is 0 Å². The second kappa shape index (κ2) is 3.29. The number of thiazole rings is 1. The summed E-state index contributed by atoms with van der Waals surface area (Å²) in [5, 5.41) is 10.1. The molecular formula is C13H13NO2S. The summed E-state index contributed by atoms with van der Waals surface area (Å²) in [5.74, 6) is -0.931. The van der Waals surface area contributed by atoms with Crippen molar-refractivity contribution in [1.29, 1.82) is 0 Å². The van der Waals surface area contributed by atoms with Crippen LogP contribution in [0.4, 0.5) is 0 Å². The number of carboxylic acid groups (broad SMARTS) is 1. The molecule has 3 nitrogen and oxygen atoms in total. The molecule has 1 aromatic heterocycles. The Morgan fingerprint density at radius 1 is 1.41 bits per heavy atom. The van der Waals surface area contributed by atoms with Crippen molar-refractivity contribution in [2.24, 2.45) is 11.3 Å². The van der Waals surface area contributed by atoms with Crippen LogP contribution in [0.3, 0.4) is 0 Å². The van der Waals surface area contributed by atoms with E-state index in [2.05, 4.69) is 4.98 Å². The largest absolute Gasteiger partial charge is 0.481 e. The van der Waals surface area contributed by atoms with Gasteiger partial charge in [-0.2, -0.15) is 0 Å². The zero-order chi connectivity index (χ0) is 12.2. The van der Waals surface area contributed by atoms with Gasteiger partial charge in [-0.3, -0.25) is 4.79 Å². The molecule has 17 heavy (non-hydrogen) atoms. The lowest BCUT2D eigenvalue weighted by molar-refractivity contribution is -0.139. The molecule has 2 atom stereocenters. The summed E-state index contributed by atoms with van der Waals surface area (Å²) in [6.07, 6.45) is 0. The minimum atomic E-state index is -0.709. The van der Waals surface area contributed by atoms with E-state index in [-0.39, 0.29) is 17.3 Å². The number of carbonyl (C=O) groups is 1. The first-order valence-corrected chi connectivity index (χ1v) is 6.42. The highest BCUT2D eigenvalue weighted by molar-refractivity contribution is 7.18. The standard InChI is InChI=1S/C13H13NO2S/c1-13(2)9(10(13)12(15)16)11-14-7-5-3-4-6-8(7)17-11/h3-6,9-10H,1-2H3,(H,15,16)/t9-,10+/m0/s1. The van der Waals surface area contributed by atoms with Crippen LogP contribution in [0.2, 0.25) is 0 Å². The topological polar surface area (TPSA) is 50.2 Å². The van der Waals surface area contributed by atoms with Crippen LogP contribution in [-0.2, 0) is 4.79 Å². The molecule has 0 amide bonds. The van der Waals surface area contributed by atoms with Crippen LogP contribution >= 0.6 is 11.3 Å². The lowest BCUT2D eigenvalue weighted by atomic mass is 10.1. The molecule has 0 aliphatic heterocycles. The SMILES string of the molecule is CC1(C)[C@H](c2nc3ccccc3s2)[C@@H]1C(=O)O. The van der Waals surface area contributed by atoms with Crippen molar-refractivity contribution < 1.29 is 9.90 Å². The fourth-order valence-corrected chi connectivity index (χ4v) is 3.88. The van der Waals surface area contributed by atoms with Crippen molar-refractivity contribution in [2.45, 2.75) is 19.8 Å². The van der Waals surface area contributed by atoms with Crippen molar-refractivity contribution in [1.82, 2.24) is 4.98 Å². The number of fused-ring (bicyclic) bond motifs is 1. The first kappa shape index (κ1) is 10.7. The van der Waals surface area contributed by atoms with Crippen molar-refractivity contribution in [3.05, 3.63) is 29.3 Å². The van der Waals surface area contributed by atoms with Gasteiger partial charge < -0.3 is 5.11 Å². The molecule has 0 unspecified atom stereocenters. The Morgan fingerprint density at radius 2 is 2.12 bits per heavy atom. The highest BCUT2D eigenvalue weighted by Crippen LogP contribution is 2.65. The zero-order valence-electron chi connectivity index (χ0n) is 9.68. The van der Waals surface area contributed by atoms with Gasteiger partial charge in [0.1, 0.15) is 0 Å². The Hall–Kier alpha value is -1.42. The number of para-hydroxylation sites is 1. The molecule has 1 heterocycles. The Morgan fingerprint density at radius 3 is 2.71 bits per heavy atom. The van der Waals surface area contributed by atoms with Gasteiger partial charge in [0.25, 0.3) is 0 Å². The number of aliphatic carboxylic acids is 1. The van der Waals surface area contributed by atoms with Gasteiger partial charge in [-0.1, -0.05) is 26.0 Å². The van der Waals surface area contributed by atoms with Gasteiger partial charge in [0.15, 0.2) is 0 Å². The first-order chi connectivity index (χ1) is 8.01. The highest BCUT2D eigenvalue weighted by atomic mass is 32.1. The number of hydrogen-bond acceptors (Lipinski definition) is 3. The molecule has 1 fully saturated rings. The van der Waals surface area contributed by atoms with Gasteiger partial charge >= 0.3 is 5.97 Å². The van der Waals surface area contributed by atoms with Gasteiger partial charge in [-0.15, -0.1) is 11.3 Å². The normalized spacial score (nSPS) is 26.0. The van der Waals surface area contributed by atoms with Crippen LogP contribution in [0.15, 0.2) is 24.3 Å². The summed E-state index contributed by atoms with van der Waals surface area (Å²) in [6, 6.07) is 7.94. The van der Waals surface area contributed by atoms with Crippen LogP contribution in [0.1, 0.15) is 24.8 Å². The maximum absolute atomic E-state index is 11.2. The molecule has 0 bridgehead atoms. The summed E-state index contributed by atoms with van der Waals surface area (Å²) in [4.78, 5) is 15.7. The van der Waals surface area contributed by atoms with Gasteiger partial charge in [0.05, 0.1) is 21.1 Å². The molecule has 88 valence electrons. The summed E-state index contributed by atoms with van der Waals surface area (Å²) < 4.78 is 1.13. The van der Waals surface area contributed by atoms with Crippen molar-refractivity contribution in [3.63, 3.8) is 0 Å². The van der Waals surface area contributed by atoms with E-state index in [1.54, 1.807) is 11.3 Å². The molecular weight excluding hydrogens is 234 g/mol. The van der Waals surface area contributed by atoms with Gasteiger partial charge in [0, 0.05) is 5.92 Å². The second-order valence-corrected chi connectivity index (χ2v) is 6.20. The van der Waals surface area contributed by atoms with E-state index in [1.165, 1.54) is 0 Å². The van der Waals surface area contributed by atoms with Gasteiger partial charge in [0.2, 0.25) is 0 Å². The molecule has 0 saturated heterocycles. The third-order valence-corrected chi connectivity index (χ3v) is 4.79. The molecule has 0 spiro atoms. The van der Waals surface area contributed by atoms with E-state index in [9.17, 15) is 9.90 Å². The van der Waals surface area contributed by atoms with E-state index >= 15 is 0 Å². The number of carboxylic acids is 1. The third kappa shape index (κ3) is 1.47. The molecule has 1 aromatic carbocycles. The Bertz CT molecular complexity index is 569. The van der Waals surface area contributed by atoms with Crippen molar-refractivity contribution in [2.75, 3.05) is 0 Å². The first-order valence-electron chi connectivity index (χ1n) is 5.60. The highest BCUT2D eigenvalue weighted by Gasteiger charge is 2.64. The fourth-order valence-electron chi connectivity index (χ4n) is 2.58. The number of aromatic nitrogens is 1. The minimum Gasteiger partial charge on any atom is -0.481 e. The monoisotopic (exact) mass is 247 g/mol. The summed E-state index contributed by atoms with van der Waals surface area (Å²) in [7, 11) is 0. The van der Waals surface area contributed by atoms with E-state index in [4.69, 9.17) is 0 Å². The van der Waals surface area contributed by atoms with Crippen molar-refractivity contribution in [3.8, 4) is 0 Å². The average molecular weight is 247 g/mol. The Balaban J connectivity index is 2.03. The van der Waals surface area contributed by atoms with Crippen LogP contribution < -0.4 is 0 Å². The van der Waals surface area contributed by atoms with E-state index < -0.39 is 5.97 Å². The molecule has 4 heteroatoms. The maximum atomic E-state index is 11.2. The van der Waals surface area contributed by atoms with Gasteiger partial charge in [-0.25, -0.2) is 4.98 Å². The van der Waals surface area contributed by atoms with E-state index in [1.807, 2.05) is 38.1 Å². The quantitative estimate of drug-likeness (QED) is 0.887. The fraction of sp³-hybridized carbons (Fsp3) is 0.385. The number of hydrogen-bond donors (Lipinski definition) is 1. The molecule has 0 radical (unpaired) electrons.